The van der Waals surface area contributed by atoms with Gasteiger partial charge in [-0.1, -0.05) is 42.0 Å². The summed E-state index contributed by atoms with van der Waals surface area (Å²) in [6, 6.07) is 16.5. The van der Waals surface area contributed by atoms with Crippen LogP contribution >= 0.6 is 0 Å². The van der Waals surface area contributed by atoms with Crippen LogP contribution in [-0.4, -0.2) is 18.2 Å². The van der Waals surface area contributed by atoms with Gasteiger partial charge in [0.1, 0.15) is 11.3 Å². The molecule has 0 aliphatic heterocycles. The fourth-order valence-electron chi connectivity index (χ4n) is 2.40. The van der Waals surface area contributed by atoms with Crippen molar-refractivity contribution in [1.82, 2.24) is 0 Å². The molecule has 0 heterocycles. The van der Waals surface area contributed by atoms with E-state index in [0.717, 1.165) is 10.9 Å². The van der Waals surface area contributed by atoms with E-state index in [1.165, 1.54) is 7.11 Å². The van der Waals surface area contributed by atoms with Crippen LogP contribution in [0.2, 0.25) is 0 Å². The summed E-state index contributed by atoms with van der Waals surface area (Å²) in [6.07, 6.45) is 0. The number of carbonyl (C=O) groups is 1. The third kappa shape index (κ3) is 2.96. The fourth-order valence-corrected chi connectivity index (χ4v) is 2.40. The molecule has 5 nitrogen and oxygen atoms in total. The zero-order chi connectivity index (χ0) is 17.1. The standard InChI is InChI=1S/C19H16N2O3/c1-12-7-9-14(10-8-12)20-21-17-15-6-4-3-5-13(15)11-16(18(17)22)19(23)24-2/h3-11,22H,1-2H3. The molecule has 0 saturated carbocycles. The number of esters is 1. The number of phenolic OH excluding ortho intramolecular Hbond substituents is 1. The maximum atomic E-state index is 11.9. The first-order valence-electron chi connectivity index (χ1n) is 7.41. The van der Waals surface area contributed by atoms with Crippen LogP contribution in [0.15, 0.2) is 64.8 Å². The maximum Gasteiger partial charge on any atom is 0.341 e. The number of nitrogens with zero attached hydrogens (tertiary/aromatic N) is 2. The predicted octanol–water partition coefficient (Wildman–Crippen LogP) is 5.06. The van der Waals surface area contributed by atoms with E-state index in [4.69, 9.17) is 4.74 Å². The molecule has 24 heavy (non-hydrogen) atoms. The molecule has 120 valence electrons. The van der Waals surface area contributed by atoms with Gasteiger partial charge >= 0.3 is 5.97 Å². The minimum atomic E-state index is -0.620. The Morgan fingerprint density at radius 3 is 2.46 bits per heavy atom. The molecule has 0 unspecified atom stereocenters. The summed E-state index contributed by atoms with van der Waals surface area (Å²) in [5.74, 6) is -0.860. The summed E-state index contributed by atoms with van der Waals surface area (Å²) in [4.78, 5) is 11.9. The highest BCUT2D eigenvalue weighted by molar-refractivity contribution is 6.04. The summed E-state index contributed by atoms with van der Waals surface area (Å²) in [6.45, 7) is 1.99. The number of aromatic hydroxyl groups is 1. The van der Waals surface area contributed by atoms with Crippen molar-refractivity contribution >= 4 is 28.1 Å². The van der Waals surface area contributed by atoms with Gasteiger partial charge in [-0.2, -0.15) is 5.11 Å². The molecule has 0 radical (unpaired) electrons. The average Bonchev–Trinajstić information content (AvgIpc) is 2.61. The predicted molar refractivity (Wildman–Crippen MR) is 92.3 cm³/mol. The molecule has 0 aliphatic rings. The van der Waals surface area contributed by atoms with E-state index in [1.807, 2.05) is 55.5 Å². The van der Waals surface area contributed by atoms with E-state index in [2.05, 4.69) is 10.2 Å². The molecule has 0 bridgehead atoms. The number of azo groups is 1. The largest absolute Gasteiger partial charge is 0.505 e. The lowest BCUT2D eigenvalue weighted by atomic mass is 10.0. The molecule has 1 N–H and O–H groups in total. The first kappa shape index (κ1) is 15.7. The van der Waals surface area contributed by atoms with E-state index in [9.17, 15) is 9.90 Å². The molecular formula is C19H16N2O3. The van der Waals surface area contributed by atoms with E-state index in [0.29, 0.717) is 11.1 Å². The Morgan fingerprint density at radius 2 is 1.75 bits per heavy atom. The van der Waals surface area contributed by atoms with Crippen molar-refractivity contribution in [3.8, 4) is 5.75 Å². The molecule has 0 spiro atoms. The summed E-state index contributed by atoms with van der Waals surface area (Å²) in [5.41, 5.74) is 2.09. The van der Waals surface area contributed by atoms with Gasteiger partial charge in [0, 0.05) is 5.39 Å². The van der Waals surface area contributed by atoms with Gasteiger partial charge in [0.15, 0.2) is 5.75 Å². The van der Waals surface area contributed by atoms with Gasteiger partial charge in [0.05, 0.1) is 12.8 Å². The zero-order valence-electron chi connectivity index (χ0n) is 13.4. The number of hydrogen-bond donors (Lipinski definition) is 1. The van der Waals surface area contributed by atoms with Gasteiger partial charge in [-0.05, 0) is 30.5 Å². The van der Waals surface area contributed by atoms with Crippen molar-refractivity contribution in [1.29, 1.82) is 0 Å². The molecule has 0 amide bonds. The lowest BCUT2D eigenvalue weighted by Crippen LogP contribution is -2.01. The average molecular weight is 320 g/mol. The highest BCUT2D eigenvalue weighted by Gasteiger charge is 2.18. The molecule has 0 saturated heterocycles. The van der Waals surface area contributed by atoms with Crippen molar-refractivity contribution in [2.45, 2.75) is 6.92 Å². The van der Waals surface area contributed by atoms with Gasteiger partial charge in [-0.15, -0.1) is 5.11 Å². The smallest absolute Gasteiger partial charge is 0.341 e. The first-order chi connectivity index (χ1) is 11.6. The van der Waals surface area contributed by atoms with Crippen LogP contribution in [-0.2, 0) is 4.74 Å². The molecule has 0 aliphatic carbocycles. The monoisotopic (exact) mass is 320 g/mol. The third-order valence-electron chi connectivity index (χ3n) is 3.70. The number of carbonyl (C=O) groups excluding carboxylic acids is 1. The Morgan fingerprint density at radius 1 is 1.04 bits per heavy atom. The SMILES string of the molecule is COC(=O)c1cc2ccccc2c(N=Nc2ccc(C)cc2)c1O. The van der Waals surface area contributed by atoms with Crippen LogP contribution in [0.25, 0.3) is 10.8 Å². The molecule has 0 aromatic heterocycles. The molecule has 3 aromatic rings. The first-order valence-corrected chi connectivity index (χ1v) is 7.41. The molecule has 0 atom stereocenters. The number of hydrogen-bond acceptors (Lipinski definition) is 5. The second kappa shape index (κ2) is 6.50. The minimum absolute atomic E-state index is 0.0639. The molecule has 5 heteroatoms. The van der Waals surface area contributed by atoms with E-state index >= 15 is 0 Å². The van der Waals surface area contributed by atoms with Gasteiger partial charge in [-0.25, -0.2) is 4.79 Å². The highest BCUT2D eigenvalue weighted by Crippen LogP contribution is 2.39. The van der Waals surface area contributed by atoms with Crippen LogP contribution in [0.4, 0.5) is 11.4 Å². The van der Waals surface area contributed by atoms with Crippen LogP contribution in [0, 0.1) is 6.92 Å². The van der Waals surface area contributed by atoms with Crippen molar-refractivity contribution in [3.05, 3.63) is 65.7 Å². The summed E-state index contributed by atoms with van der Waals surface area (Å²) < 4.78 is 4.73. The van der Waals surface area contributed by atoms with Gasteiger partial charge in [-0.3, -0.25) is 0 Å². The molecule has 3 rings (SSSR count). The number of fused-ring (bicyclic) bond motifs is 1. The third-order valence-corrected chi connectivity index (χ3v) is 3.70. The normalized spacial score (nSPS) is 11.1. The number of aryl methyl sites for hydroxylation is 1. The zero-order valence-corrected chi connectivity index (χ0v) is 13.4. The fraction of sp³-hybridized carbons (Fsp3) is 0.105. The minimum Gasteiger partial charge on any atom is -0.505 e. The van der Waals surface area contributed by atoms with E-state index < -0.39 is 5.97 Å². The number of ether oxygens (including phenoxy) is 1. The van der Waals surface area contributed by atoms with E-state index in [1.54, 1.807) is 6.07 Å². The number of benzene rings is 3. The number of methoxy groups -OCH3 is 1. The summed E-state index contributed by atoms with van der Waals surface area (Å²) in [7, 11) is 1.27. The van der Waals surface area contributed by atoms with Crippen LogP contribution in [0.3, 0.4) is 0 Å². The van der Waals surface area contributed by atoms with Crippen LogP contribution in [0.5, 0.6) is 5.75 Å². The Hall–Kier alpha value is -3.21. The number of rotatable bonds is 3. The van der Waals surface area contributed by atoms with Gasteiger partial charge in [0.25, 0.3) is 0 Å². The Kier molecular flexibility index (Phi) is 4.24. The quantitative estimate of drug-likeness (QED) is 0.542. The van der Waals surface area contributed by atoms with E-state index in [-0.39, 0.29) is 17.0 Å². The van der Waals surface area contributed by atoms with Gasteiger partial charge < -0.3 is 9.84 Å². The number of phenols is 1. The Bertz CT molecular complexity index is 931. The summed E-state index contributed by atoms with van der Waals surface area (Å²) >= 11 is 0. The second-order valence-corrected chi connectivity index (χ2v) is 5.37. The molecule has 0 fully saturated rings. The van der Waals surface area contributed by atoms with Crippen molar-refractivity contribution in [3.63, 3.8) is 0 Å². The second-order valence-electron chi connectivity index (χ2n) is 5.37. The van der Waals surface area contributed by atoms with Gasteiger partial charge in [0.2, 0.25) is 0 Å². The molecular weight excluding hydrogens is 304 g/mol. The topological polar surface area (TPSA) is 71.2 Å². The Labute approximate surface area is 139 Å². The van der Waals surface area contributed by atoms with Crippen molar-refractivity contribution in [2.24, 2.45) is 10.2 Å². The van der Waals surface area contributed by atoms with Crippen LogP contribution < -0.4 is 0 Å². The Balaban J connectivity index is 2.16. The molecule has 3 aromatic carbocycles. The highest BCUT2D eigenvalue weighted by atomic mass is 16.5. The summed E-state index contributed by atoms with van der Waals surface area (Å²) in [5, 5.41) is 20.3. The lowest BCUT2D eigenvalue weighted by molar-refractivity contribution is 0.0597. The maximum absolute atomic E-state index is 11.9. The van der Waals surface area contributed by atoms with Crippen molar-refractivity contribution < 1.29 is 14.6 Å². The van der Waals surface area contributed by atoms with Crippen molar-refractivity contribution in [2.75, 3.05) is 7.11 Å². The lowest BCUT2D eigenvalue weighted by Gasteiger charge is -2.09. The van der Waals surface area contributed by atoms with Crippen LogP contribution in [0.1, 0.15) is 15.9 Å².